The van der Waals surface area contributed by atoms with E-state index in [0.29, 0.717) is 6.04 Å². The highest BCUT2D eigenvalue weighted by Gasteiger charge is 2.34. The lowest BCUT2D eigenvalue weighted by Crippen LogP contribution is -2.38. The molecule has 0 spiro atoms. The molecule has 3 atom stereocenters. The molecule has 1 aromatic rings. The van der Waals surface area contributed by atoms with E-state index in [9.17, 15) is 0 Å². The summed E-state index contributed by atoms with van der Waals surface area (Å²) in [6.07, 6.45) is 6.67. The third-order valence-electron chi connectivity index (χ3n) is 4.71. The zero-order chi connectivity index (χ0) is 13.2. The van der Waals surface area contributed by atoms with Crippen molar-refractivity contribution < 1.29 is 0 Å². The van der Waals surface area contributed by atoms with Gasteiger partial charge >= 0.3 is 0 Å². The van der Waals surface area contributed by atoms with Gasteiger partial charge in [0.2, 0.25) is 0 Å². The Kier molecular flexibility index (Phi) is 3.99. The van der Waals surface area contributed by atoms with E-state index in [2.05, 4.69) is 28.8 Å². The molecule has 104 valence electrons. The fraction of sp³-hybridized carbons (Fsp3) is 0.625. The Hall–Kier alpha value is -0.730. The van der Waals surface area contributed by atoms with Crippen LogP contribution in [0.3, 0.4) is 0 Å². The predicted molar refractivity (Wildman–Crippen MR) is 82.0 cm³/mol. The topological polar surface area (TPSA) is 24.1 Å². The summed E-state index contributed by atoms with van der Waals surface area (Å²) >= 11 is 6.21. The van der Waals surface area contributed by atoms with Crippen molar-refractivity contribution >= 4 is 17.3 Å². The summed E-state index contributed by atoms with van der Waals surface area (Å²) in [5.74, 6) is 0.780. The molecule has 2 fully saturated rings. The number of benzene rings is 1. The van der Waals surface area contributed by atoms with Crippen LogP contribution in [0.1, 0.15) is 37.7 Å². The first-order valence-corrected chi connectivity index (χ1v) is 7.88. The standard InChI is InChI=1S/C16H23ClN2/c1-11-7-8-12(10-14(11)17)19-16-5-2-4-13(16)15-6-3-9-18-15/h7-8,10,13,15-16,18-19H,2-6,9H2,1H3. The molecule has 2 nitrogen and oxygen atoms in total. The van der Waals surface area contributed by atoms with Crippen molar-refractivity contribution in [2.75, 3.05) is 11.9 Å². The van der Waals surface area contributed by atoms with Gasteiger partial charge in [-0.05, 0) is 62.8 Å². The van der Waals surface area contributed by atoms with E-state index in [4.69, 9.17) is 11.6 Å². The Morgan fingerprint density at radius 1 is 1.21 bits per heavy atom. The van der Waals surface area contributed by atoms with Gasteiger partial charge in [0.15, 0.2) is 0 Å². The third kappa shape index (κ3) is 2.90. The van der Waals surface area contributed by atoms with Crippen LogP contribution in [-0.4, -0.2) is 18.6 Å². The summed E-state index contributed by atoms with van der Waals surface area (Å²) in [4.78, 5) is 0. The molecular weight excluding hydrogens is 256 g/mol. The second kappa shape index (κ2) is 5.72. The highest BCUT2D eigenvalue weighted by atomic mass is 35.5. The van der Waals surface area contributed by atoms with Crippen molar-refractivity contribution in [3.8, 4) is 0 Å². The van der Waals surface area contributed by atoms with Crippen molar-refractivity contribution in [1.29, 1.82) is 0 Å². The third-order valence-corrected chi connectivity index (χ3v) is 5.12. The molecule has 3 rings (SSSR count). The van der Waals surface area contributed by atoms with Crippen molar-refractivity contribution in [2.45, 2.75) is 51.1 Å². The van der Waals surface area contributed by atoms with E-state index in [-0.39, 0.29) is 0 Å². The molecule has 2 aliphatic rings. The molecule has 1 aromatic carbocycles. The minimum Gasteiger partial charge on any atom is -0.382 e. The van der Waals surface area contributed by atoms with Crippen LogP contribution in [0.2, 0.25) is 5.02 Å². The number of hydrogen-bond acceptors (Lipinski definition) is 2. The number of rotatable bonds is 3. The Morgan fingerprint density at radius 2 is 2.11 bits per heavy atom. The zero-order valence-electron chi connectivity index (χ0n) is 11.6. The largest absolute Gasteiger partial charge is 0.382 e. The maximum absolute atomic E-state index is 6.21. The number of nitrogens with one attached hydrogen (secondary N) is 2. The molecular formula is C16H23ClN2. The fourth-order valence-corrected chi connectivity index (χ4v) is 3.80. The van der Waals surface area contributed by atoms with Crippen molar-refractivity contribution in [3.05, 3.63) is 28.8 Å². The molecule has 3 unspecified atom stereocenters. The van der Waals surface area contributed by atoms with Gasteiger partial charge in [-0.15, -0.1) is 0 Å². The van der Waals surface area contributed by atoms with Gasteiger partial charge in [0.1, 0.15) is 0 Å². The van der Waals surface area contributed by atoms with Crippen LogP contribution in [0.5, 0.6) is 0 Å². The summed E-state index contributed by atoms with van der Waals surface area (Å²) < 4.78 is 0. The number of hydrogen-bond donors (Lipinski definition) is 2. The Balaban J connectivity index is 1.69. The van der Waals surface area contributed by atoms with Crippen molar-refractivity contribution in [2.24, 2.45) is 5.92 Å². The van der Waals surface area contributed by atoms with E-state index in [1.165, 1.54) is 44.3 Å². The molecule has 1 heterocycles. The minimum absolute atomic E-state index is 0.606. The molecule has 1 aliphatic heterocycles. The summed E-state index contributed by atoms with van der Waals surface area (Å²) in [5.41, 5.74) is 2.32. The number of halogens is 1. The molecule has 0 bridgehead atoms. The van der Waals surface area contributed by atoms with Gasteiger partial charge in [0.05, 0.1) is 0 Å². The second-order valence-corrected chi connectivity index (χ2v) is 6.42. The smallest absolute Gasteiger partial charge is 0.0455 e. The first-order valence-electron chi connectivity index (χ1n) is 7.50. The molecule has 2 N–H and O–H groups in total. The number of aryl methyl sites for hydroxylation is 1. The van der Waals surface area contributed by atoms with Gasteiger partial charge in [0, 0.05) is 22.8 Å². The molecule has 19 heavy (non-hydrogen) atoms. The molecule has 3 heteroatoms. The van der Waals surface area contributed by atoms with Gasteiger partial charge < -0.3 is 10.6 Å². The van der Waals surface area contributed by atoms with Gasteiger partial charge in [-0.2, -0.15) is 0 Å². The number of anilines is 1. The van der Waals surface area contributed by atoms with Gasteiger partial charge in [-0.25, -0.2) is 0 Å². The normalized spacial score (nSPS) is 30.7. The van der Waals surface area contributed by atoms with E-state index in [1.807, 2.05) is 6.92 Å². The lowest BCUT2D eigenvalue weighted by atomic mass is 9.93. The highest BCUT2D eigenvalue weighted by molar-refractivity contribution is 6.31. The van der Waals surface area contributed by atoms with Crippen LogP contribution in [0.4, 0.5) is 5.69 Å². The average Bonchev–Trinajstić information content (AvgIpc) is 3.04. The van der Waals surface area contributed by atoms with Crippen LogP contribution >= 0.6 is 11.6 Å². The van der Waals surface area contributed by atoms with Crippen molar-refractivity contribution in [1.82, 2.24) is 5.32 Å². The quantitative estimate of drug-likeness (QED) is 0.874. The maximum Gasteiger partial charge on any atom is 0.0455 e. The minimum atomic E-state index is 0.606. The molecule has 0 aromatic heterocycles. The molecule has 1 aliphatic carbocycles. The van der Waals surface area contributed by atoms with E-state index in [0.717, 1.165) is 22.5 Å². The van der Waals surface area contributed by atoms with Gasteiger partial charge in [0.25, 0.3) is 0 Å². The van der Waals surface area contributed by atoms with Crippen LogP contribution in [0, 0.1) is 12.8 Å². The summed E-state index contributed by atoms with van der Waals surface area (Å²) in [7, 11) is 0. The molecule has 0 radical (unpaired) electrons. The van der Waals surface area contributed by atoms with Crippen LogP contribution in [0.15, 0.2) is 18.2 Å². The maximum atomic E-state index is 6.21. The molecule has 1 saturated heterocycles. The van der Waals surface area contributed by atoms with Gasteiger partial charge in [-0.1, -0.05) is 24.1 Å². The molecule has 1 saturated carbocycles. The Labute approximate surface area is 120 Å². The summed E-state index contributed by atoms with van der Waals surface area (Å²) in [5, 5.41) is 8.24. The highest BCUT2D eigenvalue weighted by Crippen LogP contribution is 2.34. The first kappa shape index (κ1) is 13.3. The lowest BCUT2D eigenvalue weighted by Gasteiger charge is -2.27. The van der Waals surface area contributed by atoms with E-state index < -0.39 is 0 Å². The van der Waals surface area contributed by atoms with Gasteiger partial charge in [-0.3, -0.25) is 0 Å². The van der Waals surface area contributed by atoms with Crippen LogP contribution < -0.4 is 10.6 Å². The van der Waals surface area contributed by atoms with Crippen molar-refractivity contribution in [3.63, 3.8) is 0 Å². The van der Waals surface area contributed by atoms with E-state index >= 15 is 0 Å². The summed E-state index contributed by atoms with van der Waals surface area (Å²) in [6.45, 7) is 3.25. The Bertz CT molecular complexity index is 440. The zero-order valence-corrected chi connectivity index (χ0v) is 12.3. The Morgan fingerprint density at radius 3 is 2.84 bits per heavy atom. The van der Waals surface area contributed by atoms with E-state index in [1.54, 1.807) is 0 Å². The summed E-state index contributed by atoms with van der Waals surface area (Å²) in [6, 6.07) is 7.64. The predicted octanol–water partition coefficient (Wildman–Crippen LogP) is 3.98. The molecule has 0 amide bonds. The fourth-order valence-electron chi connectivity index (χ4n) is 3.62. The monoisotopic (exact) mass is 278 g/mol. The SMILES string of the molecule is Cc1ccc(NC2CCCC2C2CCCN2)cc1Cl. The second-order valence-electron chi connectivity index (χ2n) is 6.01. The van der Waals surface area contributed by atoms with Crippen LogP contribution in [-0.2, 0) is 0 Å². The lowest BCUT2D eigenvalue weighted by molar-refractivity contribution is 0.376. The van der Waals surface area contributed by atoms with Crippen LogP contribution in [0.25, 0.3) is 0 Å². The average molecular weight is 279 g/mol. The first-order chi connectivity index (χ1) is 9.24.